The summed E-state index contributed by atoms with van der Waals surface area (Å²) in [6, 6.07) is 0.170. The first-order valence-electron chi connectivity index (χ1n) is 4.65. The van der Waals surface area contributed by atoms with Crippen molar-refractivity contribution in [3.05, 3.63) is 23.8 Å². The number of fused-ring (bicyclic) bond motifs is 1. The molecule has 2 aliphatic carbocycles. The van der Waals surface area contributed by atoms with Gasteiger partial charge in [0.15, 0.2) is 6.17 Å². The van der Waals surface area contributed by atoms with Crippen molar-refractivity contribution >= 4 is 0 Å². The maximum Gasteiger partial charge on any atom is 0.364 e. The van der Waals surface area contributed by atoms with Crippen LogP contribution in [-0.4, -0.2) is 29.4 Å². The van der Waals surface area contributed by atoms with E-state index in [1.165, 1.54) is 0 Å². The van der Waals surface area contributed by atoms with Crippen LogP contribution in [-0.2, 0) is 0 Å². The molecule has 0 amide bonds. The topological polar surface area (TPSA) is 23.8 Å². The van der Waals surface area contributed by atoms with Crippen LogP contribution in [0.3, 0.4) is 0 Å². The molecule has 2 rings (SSSR count). The molecule has 1 saturated carbocycles. The first-order valence-corrected chi connectivity index (χ1v) is 4.65. The van der Waals surface area contributed by atoms with Crippen LogP contribution in [0.2, 0.25) is 0 Å². The molecule has 98 valence electrons. The minimum absolute atomic E-state index is 0.169. The monoisotopic (exact) mass is 271 g/mol. The van der Waals surface area contributed by atoms with E-state index >= 15 is 0 Å². The van der Waals surface area contributed by atoms with Gasteiger partial charge < -0.3 is 0 Å². The summed E-state index contributed by atoms with van der Waals surface area (Å²) in [6.45, 7) is 0. The number of allylic oxidation sites excluding steroid dienone is 4. The zero-order chi connectivity index (χ0) is 14.0. The predicted molar refractivity (Wildman–Crippen MR) is 45.3 cm³/mol. The Kier molecular flexibility index (Phi) is 2.21. The Hall–Kier alpha value is -1.52. The van der Waals surface area contributed by atoms with Gasteiger partial charge in [-0.1, -0.05) is 12.2 Å². The minimum atomic E-state index is -5.66. The molecule has 18 heavy (non-hydrogen) atoms. The van der Waals surface area contributed by atoms with Gasteiger partial charge in [0.25, 0.3) is 0 Å². The Bertz CT molecular complexity index is 503. The maximum atomic E-state index is 14.1. The summed E-state index contributed by atoms with van der Waals surface area (Å²) >= 11 is 0. The van der Waals surface area contributed by atoms with Crippen molar-refractivity contribution in [3.8, 4) is 6.07 Å². The van der Waals surface area contributed by atoms with Crippen molar-refractivity contribution in [1.29, 1.82) is 5.26 Å². The second kappa shape index (κ2) is 3.08. The molecule has 2 aliphatic rings. The molecule has 0 bridgehead atoms. The summed E-state index contributed by atoms with van der Waals surface area (Å²) in [4.78, 5) is 0. The zero-order valence-electron chi connectivity index (χ0n) is 8.40. The molecule has 3 unspecified atom stereocenters. The standard InChI is InChI=1S/C10H4F7N/c11-6-3-1-2-5-8(6,13)7(12,4-18)10(16,17)9(5,14)15/h1-3,6H. The molecule has 1 fully saturated rings. The van der Waals surface area contributed by atoms with Gasteiger partial charge in [-0.3, -0.25) is 0 Å². The second-order valence-electron chi connectivity index (χ2n) is 4.00. The Morgan fingerprint density at radius 1 is 1.11 bits per heavy atom. The second-order valence-corrected chi connectivity index (χ2v) is 4.00. The van der Waals surface area contributed by atoms with Gasteiger partial charge in [0.2, 0.25) is 5.67 Å². The molecule has 3 atom stereocenters. The fourth-order valence-electron chi connectivity index (χ4n) is 2.13. The van der Waals surface area contributed by atoms with Crippen LogP contribution in [0.25, 0.3) is 0 Å². The van der Waals surface area contributed by atoms with Gasteiger partial charge in [0.05, 0.1) is 0 Å². The molecule has 1 nitrogen and oxygen atoms in total. The highest BCUT2D eigenvalue weighted by Gasteiger charge is 2.90. The van der Waals surface area contributed by atoms with Gasteiger partial charge in [-0.2, -0.15) is 22.8 Å². The number of alkyl halides is 7. The van der Waals surface area contributed by atoms with E-state index in [-0.39, 0.29) is 12.1 Å². The van der Waals surface area contributed by atoms with Gasteiger partial charge in [-0.25, -0.2) is 13.2 Å². The number of halogens is 7. The molecule has 0 aromatic heterocycles. The molecule has 8 heteroatoms. The number of hydrogen-bond acceptors (Lipinski definition) is 1. The lowest BCUT2D eigenvalue weighted by molar-refractivity contribution is -0.223. The number of rotatable bonds is 0. The van der Waals surface area contributed by atoms with E-state index in [1.807, 2.05) is 0 Å². The molecule has 0 spiro atoms. The van der Waals surface area contributed by atoms with Crippen LogP contribution in [0.4, 0.5) is 30.7 Å². The van der Waals surface area contributed by atoms with Gasteiger partial charge in [0, 0.05) is 5.57 Å². The summed E-state index contributed by atoms with van der Waals surface area (Å²) in [5.41, 5.74) is -11.4. The first kappa shape index (κ1) is 12.9. The van der Waals surface area contributed by atoms with Gasteiger partial charge >= 0.3 is 17.5 Å². The molecule has 0 aromatic rings. The van der Waals surface area contributed by atoms with Crippen LogP contribution in [0.15, 0.2) is 23.8 Å². The summed E-state index contributed by atoms with van der Waals surface area (Å²) in [5.74, 6) is -10.9. The lowest BCUT2D eigenvalue weighted by Crippen LogP contribution is -2.58. The highest BCUT2D eigenvalue weighted by molar-refractivity contribution is 5.53. The number of nitriles is 1. The average Bonchev–Trinajstić information content (AvgIpc) is 2.38. The van der Waals surface area contributed by atoms with E-state index in [1.54, 1.807) is 0 Å². The molecule has 0 saturated heterocycles. The Morgan fingerprint density at radius 3 is 2.17 bits per heavy atom. The smallest absolute Gasteiger partial charge is 0.239 e. The van der Waals surface area contributed by atoms with Crippen LogP contribution in [0, 0.1) is 11.3 Å². The summed E-state index contributed by atoms with van der Waals surface area (Å²) in [7, 11) is 0. The normalized spacial score (nSPS) is 44.1. The van der Waals surface area contributed by atoms with E-state index < -0.39 is 34.9 Å². The molecule has 0 aliphatic heterocycles. The molecular weight excluding hydrogens is 267 g/mol. The number of nitrogens with zero attached hydrogens (tertiary/aromatic N) is 1. The molecule has 0 N–H and O–H groups in total. The average molecular weight is 271 g/mol. The van der Waals surface area contributed by atoms with Gasteiger partial charge in [-0.15, -0.1) is 0 Å². The lowest BCUT2D eigenvalue weighted by Gasteiger charge is -2.32. The third-order valence-corrected chi connectivity index (χ3v) is 3.14. The zero-order valence-corrected chi connectivity index (χ0v) is 8.40. The third-order valence-electron chi connectivity index (χ3n) is 3.14. The van der Waals surface area contributed by atoms with Gasteiger partial charge in [-0.05, 0) is 6.08 Å². The van der Waals surface area contributed by atoms with Crippen molar-refractivity contribution in [1.82, 2.24) is 0 Å². The fraction of sp³-hybridized carbons (Fsp3) is 0.500. The van der Waals surface area contributed by atoms with Crippen molar-refractivity contribution in [3.63, 3.8) is 0 Å². The highest BCUT2D eigenvalue weighted by atomic mass is 19.3. The van der Waals surface area contributed by atoms with Gasteiger partial charge in [0.1, 0.15) is 6.07 Å². The van der Waals surface area contributed by atoms with E-state index in [0.29, 0.717) is 12.2 Å². The van der Waals surface area contributed by atoms with Crippen LogP contribution in [0.1, 0.15) is 0 Å². The first-order chi connectivity index (χ1) is 8.07. The Morgan fingerprint density at radius 2 is 1.67 bits per heavy atom. The van der Waals surface area contributed by atoms with Crippen molar-refractivity contribution in [2.45, 2.75) is 29.4 Å². The van der Waals surface area contributed by atoms with Crippen molar-refractivity contribution < 1.29 is 30.7 Å². The molecule has 0 aromatic carbocycles. The highest BCUT2D eigenvalue weighted by Crippen LogP contribution is 2.66. The van der Waals surface area contributed by atoms with E-state index in [9.17, 15) is 30.7 Å². The van der Waals surface area contributed by atoms with E-state index in [4.69, 9.17) is 5.26 Å². The summed E-state index contributed by atoms with van der Waals surface area (Å²) in [6.07, 6.45) is -2.05. The Balaban J connectivity index is 2.83. The summed E-state index contributed by atoms with van der Waals surface area (Å²) in [5, 5.41) is 8.32. The fourth-order valence-corrected chi connectivity index (χ4v) is 2.13. The third kappa shape index (κ3) is 0.955. The van der Waals surface area contributed by atoms with Crippen LogP contribution in [0.5, 0.6) is 0 Å². The quantitative estimate of drug-likeness (QED) is 0.621. The molecule has 0 radical (unpaired) electrons. The van der Waals surface area contributed by atoms with Crippen LogP contribution < -0.4 is 0 Å². The molecular formula is C10H4F7N. The van der Waals surface area contributed by atoms with E-state index in [0.717, 1.165) is 0 Å². The lowest BCUT2D eigenvalue weighted by atomic mass is 9.80. The van der Waals surface area contributed by atoms with Crippen molar-refractivity contribution in [2.24, 2.45) is 0 Å². The SMILES string of the molecule is N#CC1(F)C2(F)C(=CC=CC2F)C(F)(F)C1(F)F. The van der Waals surface area contributed by atoms with Crippen LogP contribution >= 0.6 is 0 Å². The molecule has 0 heterocycles. The maximum absolute atomic E-state index is 14.1. The largest absolute Gasteiger partial charge is 0.364 e. The van der Waals surface area contributed by atoms with E-state index in [2.05, 4.69) is 0 Å². The Labute approximate surface area is 96.2 Å². The minimum Gasteiger partial charge on any atom is -0.239 e. The summed E-state index contributed by atoms with van der Waals surface area (Å²) < 4.78 is 94.4. The predicted octanol–water partition coefficient (Wildman–Crippen LogP) is 3.05. The number of hydrogen-bond donors (Lipinski definition) is 0. The van der Waals surface area contributed by atoms with Crippen molar-refractivity contribution in [2.75, 3.05) is 0 Å².